The van der Waals surface area contributed by atoms with Gasteiger partial charge in [0.25, 0.3) is 0 Å². The first-order valence-electron chi connectivity index (χ1n) is 14.2. The summed E-state index contributed by atoms with van der Waals surface area (Å²) in [5.41, 5.74) is 8.29. The van der Waals surface area contributed by atoms with Crippen molar-refractivity contribution in [1.29, 1.82) is 0 Å². The molecule has 0 nitrogen and oxygen atoms in total. The van der Waals surface area contributed by atoms with E-state index in [1.807, 2.05) is 0 Å². The van der Waals surface area contributed by atoms with E-state index in [-0.39, 0.29) is 0 Å². The molecule has 0 saturated carbocycles. The van der Waals surface area contributed by atoms with Crippen LogP contribution < -0.4 is 31.1 Å². The molecule has 0 amide bonds. The predicted octanol–water partition coefficient (Wildman–Crippen LogP) is 6.38. The minimum atomic E-state index is -2.87. The maximum atomic E-state index is 8.44. The largest absolute Gasteiger partial charge is 0.248 e. The maximum Gasteiger partial charge on any atom is 0.248 e. The zero-order valence-electron chi connectivity index (χ0n) is 26.8. The Morgan fingerprint density at radius 2 is 0.526 bits per heavy atom. The Morgan fingerprint density at radius 3 is 0.711 bits per heavy atom. The molecule has 0 N–H and O–H groups in total. The molecule has 0 unspecified atom stereocenters. The summed E-state index contributed by atoms with van der Waals surface area (Å²) < 4.78 is 0. The quantitative estimate of drug-likeness (QED) is 0.176. The highest BCUT2D eigenvalue weighted by Gasteiger charge is 2.43. The predicted molar refractivity (Wildman–Crippen MR) is 187 cm³/mol. The van der Waals surface area contributed by atoms with E-state index in [9.17, 15) is 0 Å². The number of halogens is 1. The molecule has 0 spiro atoms. The molecule has 0 aliphatic heterocycles. The van der Waals surface area contributed by atoms with Gasteiger partial charge in [0.1, 0.15) is 0 Å². The van der Waals surface area contributed by atoms with Gasteiger partial charge in [-0.2, -0.15) is 0 Å². The summed E-state index contributed by atoms with van der Waals surface area (Å²) in [4.78, 5) is 0. The first kappa shape index (κ1) is 31.3. The number of hydrogen-bond acceptors (Lipinski definition) is 0. The molecule has 3 aromatic carbocycles. The molecular formula is C33H51ClSi4. The number of hydrogen-bond donors (Lipinski definition) is 0. The van der Waals surface area contributed by atoms with Gasteiger partial charge in [-0.05, 0) is 73.8 Å². The lowest BCUT2D eigenvalue weighted by atomic mass is 10.1. The maximum absolute atomic E-state index is 8.44. The Morgan fingerprint density at radius 1 is 0.342 bits per heavy atom. The van der Waals surface area contributed by atoms with E-state index in [0.717, 1.165) is 0 Å². The third kappa shape index (κ3) is 5.81. The Hall–Kier alpha value is -1.18. The minimum absolute atomic E-state index is 1.34. The van der Waals surface area contributed by atoms with Gasteiger partial charge in [0.05, 0.1) is 24.2 Å². The van der Waals surface area contributed by atoms with Crippen LogP contribution in [0, 0.1) is 41.5 Å². The first-order valence-corrected chi connectivity index (χ1v) is 27.7. The summed E-state index contributed by atoms with van der Waals surface area (Å²) in [6, 6.07) is 14.9. The topological polar surface area (TPSA) is 0 Å². The van der Waals surface area contributed by atoms with Gasteiger partial charge in [-0.3, -0.25) is 0 Å². The third-order valence-electron chi connectivity index (χ3n) is 8.25. The molecule has 0 saturated heterocycles. The molecule has 0 fully saturated rings. The number of benzene rings is 3. The van der Waals surface area contributed by atoms with Gasteiger partial charge in [-0.1, -0.05) is 128 Å². The van der Waals surface area contributed by atoms with Crippen molar-refractivity contribution in [1.82, 2.24) is 0 Å². The van der Waals surface area contributed by atoms with Crippen LogP contribution in [0.4, 0.5) is 0 Å². The van der Waals surface area contributed by atoms with E-state index in [4.69, 9.17) is 11.1 Å². The fourth-order valence-corrected chi connectivity index (χ4v) is 18.0. The number of rotatable bonds is 6. The van der Waals surface area contributed by atoms with Gasteiger partial charge in [0, 0.05) is 0 Å². The third-order valence-corrected chi connectivity index (χ3v) is 20.4. The lowest BCUT2D eigenvalue weighted by Gasteiger charge is -2.35. The van der Waals surface area contributed by atoms with Crippen LogP contribution in [-0.4, -0.2) is 31.6 Å². The van der Waals surface area contributed by atoms with Crippen molar-refractivity contribution >= 4 is 73.8 Å². The van der Waals surface area contributed by atoms with E-state index < -0.39 is 31.6 Å². The fraction of sp³-hybridized carbons (Fsp3) is 0.455. The van der Waals surface area contributed by atoms with E-state index in [0.29, 0.717) is 0 Å². The zero-order chi connectivity index (χ0) is 29.2. The Bertz CT molecular complexity index is 1210. The smallest absolute Gasteiger partial charge is 0.149 e. The lowest BCUT2D eigenvalue weighted by molar-refractivity contribution is 1.40. The molecule has 3 aromatic rings. The van der Waals surface area contributed by atoms with Gasteiger partial charge in [0.2, 0.25) is 7.38 Å². The molecule has 0 heterocycles. The van der Waals surface area contributed by atoms with Crippen LogP contribution in [0.3, 0.4) is 0 Å². The minimum Gasteiger partial charge on any atom is -0.149 e. The molecule has 38 heavy (non-hydrogen) atoms. The van der Waals surface area contributed by atoms with Gasteiger partial charge in [-0.25, -0.2) is 0 Å². The van der Waals surface area contributed by atoms with Crippen LogP contribution in [0.2, 0.25) is 58.9 Å². The van der Waals surface area contributed by atoms with E-state index in [1.54, 1.807) is 15.6 Å². The average molecular weight is 596 g/mol. The second-order valence-corrected chi connectivity index (χ2v) is 34.6. The summed E-state index contributed by atoms with van der Waals surface area (Å²) >= 11 is 8.44. The van der Waals surface area contributed by atoms with Crippen molar-refractivity contribution in [3.05, 3.63) is 69.8 Å². The first-order chi connectivity index (χ1) is 17.1. The number of aryl methyl sites for hydroxylation is 6. The van der Waals surface area contributed by atoms with Crippen molar-refractivity contribution in [2.45, 2.75) is 100 Å². The van der Waals surface area contributed by atoms with Crippen molar-refractivity contribution in [2.24, 2.45) is 0 Å². The Labute approximate surface area is 243 Å². The summed E-state index contributed by atoms with van der Waals surface area (Å²) in [7, 11) is -7.56. The average Bonchev–Trinajstić information content (AvgIpc) is 2.70. The molecular weight excluding hydrogens is 544 g/mol. The summed E-state index contributed by atoms with van der Waals surface area (Å²) in [5, 5.41) is 8.81. The van der Waals surface area contributed by atoms with Crippen LogP contribution in [0.1, 0.15) is 33.4 Å². The van der Waals surface area contributed by atoms with Crippen molar-refractivity contribution in [3.63, 3.8) is 0 Å². The summed E-state index contributed by atoms with van der Waals surface area (Å²) in [5.74, 6) is 0. The second kappa shape index (κ2) is 10.3. The van der Waals surface area contributed by atoms with Crippen LogP contribution in [-0.2, 0) is 0 Å². The SMILES string of the molecule is Cc1cc(C)c([Si](Cl)(c2cc([Si](C)(C)C)c(C)cc2C)c2cc([Si](C)(C)C)c(C)cc2C)cc1[Si](C)(C)C. The molecule has 3 rings (SSSR count). The molecule has 0 atom stereocenters. The van der Waals surface area contributed by atoms with Crippen LogP contribution in [0.15, 0.2) is 36.4 Å². The monoisotopic (exact) mass is 594 g/mol. The highest BCUT2D eigenvalue weighted by Crippen LogP contribution is 2.22. The van der Waals surface area contributed by atoms with Gasteiger partial charge in [0.15, 0.2) is 0 Å². The van der Waals surface area contributed by atoms with Crippen molar-refractivity contribution < 1.29 is 0 Å². The second-order valence-electron chi connectivity index (χ2n) is 14.9. The summed E-state index contributed by atoms with van der Waals surface area (Å²) in [6.07, 6.45) is 0. The van der Waals surface area contributed by atoms with Crippen LogP contribution in [0.25, 0.3) is 0 Å². The van der Waals surface area contributed by atoms with E-state index in [2.05, 4.69) is 137 Å². The molecule has 0 aliphatic rings. The summed E-state index contributed by atoms with van der Waals surface area (Å²) in [6.45, 7) is 36.0. The van der Waals surface area contributed by atoms with Gasteiger partial charge in [-0.15, -0.1) is 11.1 Å². The highest BCUT2D eigenvalue weighted by molar-refractivity contribution is 7.41. The van der Waals surface area contributed by atoms with E-state index in [1.165, 1.54) is 48.9 Å². The molecule has 5 heteroatoms. The van der Waals surface area contributed by atoms with Gasteiger partial charge >= 0.3 is 0 Å². The molecule has 0 radical (unpaired) electrons. The van der Waals surface area contributed by atoms with Crippen molar-refractivity contribution in [3.8, 4) is 0 Å². The molecule has 206 valence electrons. The molecule has 0 aliphatic carbocycles. The normalized spacial score (nSPS) is 13.3. The fourth-order valence-electron chi connectivity index (χ4n) is 6.53. The molecule has 0 aromatic heterocycles. The zero-order valence-corrected chi connectivity index (χ0v) is 31.6. The van der Waals surface area contributed by atoms with Crippen molar-refractivity contribution in [2.75, 3.05) is 0 Å². The van der Waals surface area contributed by atoms with Crippen LogP contribution >= 0.6 is 11.1 Å². The van der Waals surface area contributed by atoms with Gasteiger partial charge < -0.3 is 0 Å². The van der Waals surface area contributed by atoms with E-state index >= 15 is 0 Å². The Balaban J connectivity index is 2.61. The lowest BCUT2D eigenvalue weighted by Crippen LogP contribution is -2.67. The molecule has 0 bridgehead atoms. The highest BCUT2D eigenvalue weighted by atomic mass is 35.6. The Kier molecular flexibility index (Phi) is 8.53. The standard InChI is InChI=1S/C33H51ClSi4/c1-22-16-25(4)31(19-28(22)35(7,8)9)38(34,32-20-29(36(10,11)12)23(2)17-26(32)5)33-21-30(37(13,14)15)24(3)18-27(33)6/h16-21H,1-15H3. The van der Waals surface area contributed by atoms with Crippen LogP contribution in [0.5, 0.6) is 0 Å².